The standard InChI is InChI=1S/C30H46O3/c1-19(2)9-8-10-20(3)21-13-15-28(7)22-14-16-30-23(11-12-24(31)26(30,4)5)29(22,25(32)33-30)18-17-27(21,28)6/h8-9,14,16,20-25,31-32H,1,10-13,15,17-18H2,2-7H3/b9-8+. The molecule has 2 N–H and O–H groups in total. The van der Waals surface area contributed by atoms with Gasteiger partial charge in [-0.2, -0.15) is 0 Å². The predicted octanol–water partition coefficient (Wildman–Crippen LogP) is 6.42. The first-order valence-corrected chi connectivity index (χ1v) is 13.4. The highest BCUT2D eigenvalue weighted by Gasteiger charge is 2.78. The van der Waals surface area contributed by atoms with Gasteiger partial charge in [0, 0.05) is 16.7 Å². The Hall–Kier alpha value is -0.900. The SMILES string of the molecule is C=C(C)/C=C/CC(C)C1CCC2(C)C3C=CC45OC(O)C3(CCC12C)C4CCC(O)C5(C)C. The molecule has 2 bridgehead atoms. The first-order valence-electron chi connectivity index (χ1n) is 13.4. The van der Waals surface area contributed by atoms with Crippen molar-refractivity contribution in [2.75, 3.05) is 0 Å². The lowest BCUT2D eigenvalue weighted by Gasteiger charge is -2.65. The van der Waals surface area contributed by atoms with Crippen molar-refractivity contribution in [3.63, 3.8) is 0 Å². The molecule has 3 heteroatoms. The zero-order chi connectivity index (χ0) is 24.0. The van der Waals surface area contributed by atoms with Gasteiger partial charge < -0.3 is 14.9 Å². The van der Waals surface area contributed by atoms with Gasteiger partial charge in [-0.3, -0.25) is 0 Å². The Bertz CT molecular complexity index is 887. The van der Waals surface area contributed by atoms with Gasteiger partial charge in [0.1, 0.15) is 5.60 Å². The molecule has 5 aliphatic rings. The Morgan fingerprint density at radius 1 is 1.09 bits per heavy atom. The van der Waals surface area contributed by atoms with Crippen molar-refractivity contribution < 1.29 is 14.9 Å². The molecule has 33 heavy (non-hydrogen) atoms. The van der Waals surface area contributed by atoms with E-state index in [1.165, 1.54) is 12.8 Å². The molecule has 1 spiro atoms. The average Bonchev–Trinajstić information content (AvgIpc) is 3.09. The van der Waals surface area contributed by atoms with Crippen LogP contribution in [-0.4, -0.2) is 28.2 Å². The maximum Gasteiger partial charge on any atom is 0.162 e. The number of hydrogen-bond acceptors (Lipinski definition) is 3. The molecule has 1 saturated heterocycles. The van der Waals surface area contributed by atoms with Gasteiger partial charge in [0.25, 0.3) is 0 Å². The van der Waals surface area contributed by atoms with Crippen LogP contribution in [0.25, 0.3) is 0 Å². The molecule has 0 aromatic heterocycles. The van der Waals surface area contributed by atoms with Crippen LogP contribution in [0, 0.1) is 45.3 Å². The number of aliphatic hydroxyl groups is 2. The van der Waals surface area contributed by atoms with Gasteiger partial charge in [-0.05, 0) is 80.5 Å². The van der Waals surface area contributed by atoms with Crippen LogP contribution < -0.4 is 0 Å². The zero-order valence-corrected chi connectivity index (χ0v) is 21.7. The van der Waals surface area contributed by atoms with Gasteiger partial charge in [-0.15, -0.1) is 0 Å². The molecule has 0 aromatic carbocycles. The highest BCUT2D eigenvalue weighted by molar-refractivity contribution is 5.34. The Morgan fingerprint density at radius 2 is 1.82 bits per heavy atom. The maximum absolute atomic E-state index is 11.6. The number of aliphatic hydroxyl groups excluding tert-OH is 2. The van der Waals surface area contributed by atoms with Crippen LogP contribution >= 0.6 is 0 Å². The lowest BCUT2D eigenvalue weighted by Crippen LogP contribution is -2.65. The summed E-state index contributed by atoms with van der Waals surface area (Å²) in [7, 11) is 0. The summed E-state index contributed by atoms with van der Waals surface area (Å²) >= 11 is 0. The summed E-state index contributed by atoms with van der Waals surface area (Å²) in [5.41, 5.74) is 0.360. The van der Waals surface area contributed by atoms with Crippen LogP contribution in [-0.2, 0) is 4.74 Å². The lowest BCUT2D eigenvalue weighted by molar-refractivity contribution is -0.213. The van der Waals surface area contributed by atoms with Crippen molar-refractivity contribution in [2.24, 2.45) is 45.3 Å². The van der Waals surface area contributed by atoms with Crippen LogP contribution in [0.5, 0.6) is 0 Å². The van der Waals surface area contributed by atoms with E-state index < -0.39 is 23.4 Å². The van der Waals surface area contributed by atoms with E-state index in [-0.39, 0.29) is 22.2 Å². The van der Waals surface area contributed by atoms with E-state index in [0.29, 0.717) is 17.8 Å². The minimum Gasteiger partial charge on any atom is -0.392 e. The van der Waals surface area contributed by atoms with Crippen LogP contribution in [0.15, 0.2) is 36.5 Å². The minimum atomic E-state index is -0.747. The zero-order valence-electron chi connectivity index (χ0n) is 21.7. The second kappa shape index (κ2) is 7.31. The molecular weight excluding hydrogens is 408 g/mol. The summed E-state index contributed by atoms with van der Waals surface area (Å²) in [5, 5.41) is 22.5. The number of fused-ring (bicyclic) bond motifs is 2. The van der Waals surface area contributed by atoms with Crippen LogP contribution in [0.3, 0.4) is 0 Å². The van der Waals surface area contributed by atoms with Gasteiger partial charge in [0.15, 0.2) is 6.29 Å². The van der Waals surface area contributed by atoms with E-state index in [2.05, 4.69) is 72.4 Å². The van der Waals surface area contributed by atoms with Crippen molar-refractivity contribution in [1.82, 2.24) is 0 Å². The number of ether oxygens (including phenoxy) is 1. The van der Waals surface area contributed by atoms with E-state index >= 15 is 0 Å². The van der Waals surface area contributed by atoms with E-state index in [1.807, 2.05) is 0 Å². The largest absolute Gasteiger partial charge is 0.392 e. The Labute approximate surface area is 201 Å². The summed E-state index contributed by atoms with van der Waals surface area (Å²) in [6.45, 7) is 17.9. The maximum atomic E-state index is 11.6. The van der Waals surface area contributed by atoms with Crippen molar-refractivity contribution in [3.05, 3.63) is 36.5 Å². The minimum absolute atomic E-state index is 0.153. The van der Waals surface area contributed by atoms with E-state index in [4.69, 9.17) is 4.74 Å². The molecule has 4 aliphatic carbocycles. The van der Waals surface area contributed by atoms with Gasteiger partial charge in [0.2, 0.25) is 0 Å². The normalized spacial score (nSPS) is 52.9. The number of rotatable bonds is 4. The van der Waals surface area contributed by atoms with Crippen molar-refractivity contribution in [1.29, 1.82) is 0 Å². The lowest BCUT2D eigenvalue weighted by atomic mass is 9.38. The molecule has 1 heterocycles. The molecule has 5 rings (SSSR count). The average molecular weight is 455 g/mol. The molecule has 184 valence electrons. The third kappa shape index (κ3) is 2.74. The van der Waals surface area contributed by atoms with Gasteiger partial charge in [-0.1, -0.05) is 71.1 Å². The quantitative estimate of drug-likeness (QED) is 0.381. The first kappa shape index (κ1) is 23.8. The van der Waals surface area contributed by atoms with E-state index in [9.17, 15) is 10.2 Å². The Balaban J connectivity index is 1.52. The van der Waals surface area contributed by atoms with E-state index in [0.717, 1.165) is 37.7 Å². The molecule has 0 radical (unpaired) electrons. The van der Waals surface area contributed by atoms with Crippen molar-refractivity contribution >= 4 is 0 Å². The molecular formula is C30H46O3. The fourth-order valence-corrected chi connectivity index (χ4v) is 9.90. The Kier molecular flexibility index (Phi) is 5.27. The fourth-order valence-electron chi connectivity index (χ4n) is 9.90. The predicted molar refractivity (Wildman–Crippen MR) is 133 cm³/mol. The van der Waals surface area contributed by atoms with Crippen molar-refractivity contribution in [2.45, 2.75) is 104 Å². The highest BCUT2D eigenvalue weighted by atomic mass is 16.6. The third-order valence-electron chi connectivity index (χ3n) is 12.1. The molecule has 3 saturated carbocycles. The third-order valence-corrected chi connectivity index (χ3v) is 12.1. The van der Waals surface area contributed by atoms with Gasteiger partial charge in [-0.25, -0.2) is 0 Å². The van der Waals surface area contributed by atoms with Gasteiger partial charge >= 0.3 is 0 Å². The molecule has 10 unspecified atom stereocenters. The van der Waals surface area contributed by atoms with Gasteiger partial charge in [0.05, 0.1) is 6.10 Å². The smallest absolute Gasteiger partial charge is 0.162 e. The Morgan fingerprint density at radius 3 is 2.52 bits per heavy atom. The fraction of sp³-hybridized carbons (Fsp3) is 0.800. The summed E-state index contributed by atoms with van der Waals surface area (Å²) in [6, 6.07) is 0. The molecule has 3 nitrogen and oxygen atoms in total. The highest BCUT2D eigenvalue weighted by Crippen LogP contribution is 2.78. The van der Waals surface area contributed by atoms with Crippen LogP contribution in [0.4, 0.5) is 0 Å². The summed E-state index contributed by atoms with van der Waals surface area (Å²) in [4.78, 5) is 0. The van der Waals surface area contributed by atoms with Crippen LogP contribution in [0.2, 0.25) is 0 Å². The summed E-state index contributed by atoms with van der Waals surface area (Å²) in [6.07, 6.45) is 15.6. The first-order chi connectivity index (χ1) is 15.4. The number of hydrogen-bond donors (Lipinski definition) is 2. The summed E-state index contributed by atoms with van der Waals surface area (Å²) in [5.74, 6) is 1.94. The molecule has 1 aliphatic heterocycles. The molecule has 10 atom stereocenters. The van der Waals surface area contributed by atoms with Crippen LogP contribution in [0.1, 0.15) is 86.5 Å². The topological polar surface area (TPSA) is 49.7 Å². The number of allylic oxidation sites excluding steroid dienone is 4. The molecule has 0 amide bonds. The molecule has 4 fully saturated rings. The summed E-state index contributed by atoms with van der Waals surface area (Å²) < 4.78 is 6.59. The van der Waals surface area contributed by atoms with E-state index in [1.54, 1.807) is 0 Å². The molecule has 0 aromatic rings. The second-order valence-electron chi connectivity index (χ2n) is 13.5. The second-order valence-corrected chi connectivity index (χ2v) is 13.5. The van der Waals surface area contributed by atoms with Crippen molar-refractivity contribution in [3.8, 4) is 0 Å². The monoisotopic (exact) mass is 454 g/mol.